The van der Waals surface area contributed by atoms with Gasteiger partial charge in [-0.05, 0) is 66.5 Å². The number of hydrogen-bond donors (Lipinski definition) is 2. The second-order valence-corrected chi connectivity index (χ2v) is 6.29. The molecule has 2 aromatic rings. The zero-order chi connectivity index (χ0) is 14.7. The highest BCUT2D eigenvalue weighted by Crippen LogP contribution is 2.23. The summed E-state index contributed by atoms with van der Waals surface area (Å²) in [6.45, 7) is 0. The zero-order valence-corrected chi connectivity index (χ0v) is 12.9. The summed E-state index contributed by atoms with van der Waals surface area (Å²) >= 11 is 5.93. The molecule has 1 unspecified atom stereocenters. The quantitative estimate of drug-likeness (QED) is 0.656. The Morgan fingerprint density at radius 3 is 2.38 bits per heavy atom. The first-order chi connectivity index (χ1) is 10.2. The van der Waals surface area contributed by atoms with Crippen LogP contribution < -0.4 is 11.3 Å². The van der Waals surface area contributed by atoms with Gasteiger partial charge in [0, 0.05) is 11.1 Å². The largest absolute Gasteiger partial charge is 0.271 e. The highest BCUT2D eigenvalue weighted by molar-refractivity contribution is 6.30. The third kappa shape index (κ3) is 3.65. The van der Waals surface area contributed by atoms with Crippen molar-refractivity contribution in [3.05, 3.63) is 69.7 Å². The first kappa shape index (κ1) is 14.6. The minimum absolute atomic E-state index is 0.241. The number of aryl methyl sites for hydroxylation is 2. The fourth-order valence-corrected chi connectivity index (χ4v) is 3.26. The van der Waals surface area contributed by atoms with Gasteiger partial charge < -0.3 is 0 Å². The number of rotatable bonds is 5. The lowest BCUT2D eigenvalue weighted by Crippen LogP contribution is -2.38. The molecule has 0 radical (unpaired) electrons. The minimum atomic E-state index is 0.241. The maximum atomic E-state index is 5.93. The van der Waals surface area contributed by atoms with Crippen molar-refractivity contribution in [2.24, 2.45) is 5.84 Å². The lowest BCUT2D eigenvalue weighted by atomic mass is 9.97. The van der Waals surface area contributed by atoms with E-state index in [1.54, 1.807) is 0 Å². The predicted molar refractivity (Wildman–Crippen MR) is 88.4 cm³/mol. The Bertz CT molecular complexity index is 607. The number of hydrogen-bond acceptors (Lipinski definition) is 2. The van der Waals surface area contributed by atoms with Crippen molar-refractivity contribution in [3.63, 3.8) is 0 Å². The van der Waals surface area contributed by atoms with Gasteiger partial charge in [-0.3, -0.25) is 11.3 Å². The molecule has 0 saturated heterocycles. The monoisotopic (exact) mass is 300 g/mol. The normalized spacial score (nSPS) is 15.0. The van der Waals surface area contributed by atoms with Crippen molar-refractivity contribution in [3.8, 4) is 0 Å². The molecule has 2 aromatic carbocycles. The Labute approximate surface area is 131 Å². The first-order valence-electron chi connectivity index (χ1n) is 7.56. The third-order valence-corrected chi connectivity index (χ3v) is 4.53. The van der Waals surface area contributed by atoms with Gasteiger partial charge in [0.1, 0.15) is 0 Å². The Morgan fingerprint density at radius 2 is 1.62 bits per heavy atom. The van der Waals surface area contributed by atoms with Crippen LogP contribution in [0.3, 0.4) is 0 Å². The average molecular weight is 301 g/mol. The van der Waals surface area contributed by atoms with Gasteiger partial charge in [0.2, 0.25) is 0 Å². The molecule has 0 aromatic heterocycles. The van der Waals surface area contributed by atoms with Gasteiger partial charge in [0.15, 0.2) is 0 Å². The minimum Gasteiger partial charge on any atom is -0.271 e. The molecule has 110 valence electrons. The smallest absolute Gasteiger partial charge is 0.0406 e. The topological polar surface area (TPSA) is 38.0 Å². The van der Waals surface area contributed by atoms with Crippen molar-refractivity contribution < 1.29 is 0 Å². The highest BCUT2D eigenvalue weighted by atomic mass is 35.5. The lowest BCUT2D eigenvalue weighted by Gasteiger charge is -2.17. The molecular formula is C18H21ClN2. The van der Waals surface area contributed by atoms with E-state index in [9.17, 15) is 0 Å². The summed E-state index contributed by atoms with van der Waals surface area (Å²) in [5.41, 5.74) is 8.61. The van der Waals surface area contributed by atoms with Crippen LogP contribution in [0, 0.1) is 0 Å². The Kier molecular flexibility index (Phi) is 4.59. The molecule has 1 aliphatic rings. The van der Waals surface area contributed by atoms with Gasteiger partial charge in [-0.25, -0.2) is 0 Å². The molecule has 3 N–H and O–H groups in total. The molecule has 1 atom stereocenters. The van der Waals surface area contributed by atoms with E-state index in [2.05, 4.69) is 35.8 Å². The second-order valence-electron chi connectivity index (χ2n) is 5.85. The van der Waals surface area contributed by atoms with Crippen molar-refractivity contribution in [1.82, 2.24) is 5.43 Å². The summed E-state index contributed by atoms with van der Waals surface area (Å²) in [4.78, 5) is 0. The molecule has 0 bridgehead atoms. The van der Waals surface area contributed by atoms with E-state index in [1.807, 2.05) is 12.1 Å². The number of benzene rings is 2. The highest BCUT2D eigenvalue weighted by Gasteiger charge is 2.13. The van der Waals surface area contributed by atoms with E-state index in [1.165, 1.54) is 41.5 Å². The Balaban J connectivity index is 1.68. The van der Waals surface area contributed by atoms with Crippen LogP contribution in [0.25, 0.3) is 0 Å². The number of nitrogens with one attached hydrogen (secondary N) is 1. The molecule has 3 rings (SSSR count). The Hall–Kier alpha value is -1.35. The van der Waals surface area contributed by atoms with Gasteiger partial charge >= 0.3 is 0 Å². The van der Waals surface area contributed by atoms with E-state index < -0.39 is 0 Å². The summed E-state index contributed by atoms with van der Waals surface area (Å²) in [6.07, 6.45) is 5.61. The maximum absolute atomic E-state index is 5.93. The predicted octanol–water partition coefficient (Wildman–Crippen LogP) is 3.45. The lowest BCUT2D eigenvalue weighted by molar-refractivity contribution is 0.522. The zero-order valence-electron chi connectivity index (χ0n) is 12.1. The van der Waals surface area contributed by atoms with E-state index in [0.29, 0.717) is 0 Å². The maximum Gasteiger partial charge on any atom is 0.0406 e. The Morgan fingerprint density at radius 1 is 0.952 bits per heavy atom. The van der Waals surface area contributed by atoms with Crippen molar-refractivity contribution >= 4 is 11.6 Å². The van der Waals surface area contributed by atoms with Gasteiger partial charge in [-0.1, -0.05) is 41.9 Å². The first-order valence-corrected chi connectivity index (χ1v) is 7.93. The summed E-state index contributed by atoms with van der Waals surface area (Å²) in [5.74, 6) is 5.74. The van der Waals surface area contributed by atoms with Gasteiger partial charge in [0.05, 0.1) is 0 Å². The molecule has 0 fully saturated rings. The summed E-state index contributed by atoms with van der Waals surface area (Å²) in [5, 5.41) is 0.773. The van der Waals surface area contributed by atoms with E-state index in [0.717, 1.165) is 17.9 Å². The molecule has 0 amide bonds. The summed E-state index contributed by atoms with van der Waals surface area (Å²) in [6, 6.07) is 15.1. The van der Waals surface area contributed by atoms with Gasteiger partial charge in [-0.2, -0.15) is 0 Å². The number of nitrogens with two attached hydrogens (primary N) is 1. The van der Waals surface area contributed by atoms with Crippen LogP contribution in [-0.4, -0.2) is 6.04 Å². The van der Waals surface area contributed by atoms with Crippen LogP contribution in [0.15, 0.2) is 42.5 Å². The SMILES string of the molecule is NNC(Cc1ccc(Cl)cc1)Cc1ccc2c(c1)CCC2. The van der Waals surface area contributed by atoms with E-state index in [-0.39, 0.29) is 6.04 Å². The third-order valence-electron chi connectivity index (χ3n) is 4.28. The number of hydrazine groups is 1. The fraction of sp³-hybridized carbons (Fsp3) is 0.333. The van der Waals surface area contributed by atoms with E-state index in [4.69, 9.17) is 17.4 Å². The molecule has 0 aliphatic heterocycles. The van der Waals surface area contributed by atoms with Gasteiger partial charge in [0.25, 0.3) is 0 Å². The molecule has 3 heteroatoms. The van der Waals surface area contributed by atoms with E-state index >= 15 is 0 Å². The molecule has 0 heterocycles. The van der Waals surface area contributed by atoms with Crippen LogP contribution >= 0.6 is 11.6 Å². The van der Waals surface area contributed by atoms with Crippen LogP contribution in [0.5, 0.6) is 0 Å². The number of fused-ring (bicyclic) bond motifs is 1. The summed E-state index contributed by atoms with van der Waals surface area (Å²) in [7, 11) is 0. The standard InChI is InChI=1S/C18H21ClN2/c19-17-8-5-13(6-9-17)11-18(21-20)12-14-4-7-15-2-1-3-16(15)10-14/h4-10,18,21H,1-3,11-12,20H2. The van der Waals surface area contributed by atoms with Crippen molar-refractivity contribution in [2.75, 3.05) is 0 Å². The van der Waals surface area contributed by atoms with Crippen LogP contribution in [0.4, 0.5) is 0 Å². The van der Waals surface area contributed by atoms with Crippen LogP contribution in [-0.2, 0) is 25.7 Å². The van der Waals surface area contributed by atoms with Crippen molar-refractivity contribution in [1.29, 1.82) is 0 Å². The molecule has 0 saturated carbocycles. The molecule has 2 nitrogen and oxygen atoms in total. The number of halogens is 1. The van der Waals surface area contributed by atoms with Crippen LogP contribution in [0.2, 0.25) is 5.02 Å². The van der Waals surface area contributed by atoms with Crippen molar-refractivity contribution in [2.45, 2.75) is 38.1 Å². The average Bonchev–Trinajstić information content (AvgIpc) is 2.96. The molecular weight excluding hydrogens is 280 g/mol. The summed E-state index contributed by atoms with van der Waals surface area (Å²) < 4.78 is 0. The molecule has 0 spiro atoms. The second kappa shape index (κ2) is 6.61. The molecule has 1 aliphatic carbocycles. The fourth-order valence-electron chi connectivity index (χ4n) is 3.13. The van der Waals surface area contributed by atoms with Gasteiger partial charge in [-0.15, -0.1) is 0 Å². The van der Waals surface area contributed by atoms with Crippen LogP contribution in [0.1, 0.15) is 28.7 Å². The molecule has 21 heavy (non-hydrogen) atoms.